The fourth-order valence-corrected chi connectivity index (χ4v) is 4.02. The fourth-order valence-electron chi connectivity index (χ4n) is 2.01. The molecule has 0 saturated carbocycles. The number of nitrogens with zero attached hydrogens (tertiary/aromatic N) is 6. The Labute approximate surface area is 184 Å². The Morgan fingerprint density at radius 1 is 1.03 bits per heavy atom. The number of rotatable bonds is 4. The smallest absolute Gasteiger partial charge is 0.214 e. The summed E-state index contributed by atoms with van der Waals surface area (Å²) in [6.07, 6.45) is 10.1. The highest BCUT2D eigenvalue weighted by molar-refractivity contribution is 7.93. The summed E-state index contributed by atoms with van der Waals surface area (Å²) < 4.78 is 19.1. The predicted molar refractivity (Wildman–Crippen MR) is 119 cm³/mol. The van der Waals surface area contributed by atoms with Crippen molar-refractivity contribution in [2.24, 2.45) is 8.73 Å². The monoisotopic (exact) mass is 470 g/mol. The first-order valence-corrected chi connectivity index (χ1v) is 12.6. The van der Waals surface area contributed by atoms with Crippen LogP contribution >= 0.6 is 23.2 Å². The molecule has 0 fully saturated rings. The second-order valence-electron chi connectivity index (χ2n) is 5.88. The minimum atomic E-state index is -2.55. The van der Waals surface area contributed by atoms with E-state index in [1.807, 2.05) is 25.4 Å². The maximum Gasteiger partial charge on any atom is 0.214 e. The third-order valence-electron chi connectivity index (χ3n) is 4.01. The minimum Gasteiger partial charge on any atom is -0.248 e. The van der Waals surface area contributed by atoms with Crippen LogP contribution in [0.2, 0.25) is 10.3 Å². The van der Waals surface area contributed by atoms with Crippen LogP contribution in [0.3, 0.4) is 0 Å². The van der Waals surface area contributed by atoms with Gasteiger partial charge < -0.3 is 0 Å². The Morgan fingerprint density at radius 2 is 1.55 bits per heavy atom. The van der Waals surface area contributed by atoms with Gasteiger partial charge in [-0.2, -0.15) is 14.9 Å². The quantitative estimate of drug-likeness (QED) is 0.455. The molecule has 0 aromatic carbocycles. The molecule has 7 nitrogen and oxygen atoms in total. The zero-order chi connectivity index (χ0) is 22.0. The Hall–Kier alpha value is -2.04. The second kappa shape index (κ2) is 11.8. The van der Waals surface area contributed by atoms with Crippen molar-refractivity contribution in [2.45, 2.75) is 24.3 Å². The molecule has 11 heteroatoms. The van der Waals surface area contributed by atoms with Crippen LogP contribution in [0.1, 0.15) is 35.5 Å². The molecule has 2 heterocycles. The van der Waals surface area contributed by atoms with Gasteiger partial charge in [-0.05, 0) is 43.4 Å². The number of hydrogen-bond donors (Lipinski definition) is 0. The summed E-state index contributed by atoms with van der Waals surface area (Å²) in [5.41, 5.74) is 1.81. The molecule has 0 saturated heterocycles. The van der Waals surface area contributed by atoms with Gasteiger partial charge in [-0.3, -0.25) is 0 Å². The van der Waals surface area contributed by atoms with Gasteiger partial charge >= 0.3 is 0 Å². The summed E-state index contributed by atoms with van der Waals surface area (Å²) in [4.78, 5) is 7.88. The highest BCUT2D eigenvalue weighted by Gasteiger charge is 2.16. The van der Waals surface area contributed by atoms with E-state index in [0.29, 0.717) is 10.3 Å². The van der Waals surface area contributed by atoms with Gasteiger partial charge in [0.15, 0.2) is 0 Å². The molecule has 0 bridgehead atoms. The lowest BCUT2D eigenvalue weighted by Crippen LogP contribution is -2.07. The predicted octanol–water partition coefficient (Wildman–Crippen LogP) is 5.08. The van der Waals surface area contributed by atoms with Gasteiger partial charge in [0, 0.05) is 23.9 Å². The van der Waals surface area contributed by atoms with Gasteiger partial charge in [0.05, 0.1) is 15.0 Å². The van der Waals surface area contributed by atoms with Crippen molar-refractivity contribution in [3.8, 4) is 12.4 Å². The molecule has 0 amide bonds. The molecule has 2 aromatic heterocycles. The molecule has 4 atom stereocenters. The summed E-state index contributed by atoms with van der Waals surface area (Å²) in [5.74, 6) is 0. The van der Waals surface area contributed by atoms with Crippen LogP contribution in [0.25, 0.3) is 0 Å². The maximum absolute atomic E-state index is 11.9. The minimum absolute atomic E-state index is 0.208. The molecule has 29 heavy (non-hydrogen) atoms. The Balaban J connectivity index is 0.000000291. The van der Waals surface area contributed by atoms with Crippen molar-refractivity contribution in [2.75, 3.05) is 12.5 Å². The Kier molecular flexibility index (Phi) is 10.2. The van der Waals surface area contributed by atoms with Crippen LogP contribution in [0.5, 0.6) is 0 Å². The van der Waals surface area contributed by atoms with E-state index in [9.17, 15) is 4.21 Å². The van der Waals surface area contributed by atoms with Crippen LogP contribution in [0.15, 0.2) is 45.4 Å². The standard InChI is InChI=1S/C9H10ClN3OS.C9H10ClN3S/c1-7(15(2,14)13-6-11)8-3-4-9(10)12-5-8;1-7(14(2)13-6-11)8-3-4-9(10)12-5-8/h3-5,7H,1-2H3;3-5,7H,1-2H3. The average molecular weight is 471 g/mol. The van der Waals surface area contributed by atoms with Crippen molar-refractivity contribution >= 4 is 43.6 Å². The van der Waals surface area contributed by atoms with Crippen molar-refractivity contribution in [3.63, 3.8) is 0 Å². The maximum atomic E-state index is 11.9. The van der Waals surface area contributed by atoms with Crippen molar-refractivity contribution < 1.29 is 4.21 Å². The van der Waals surface area contributed by atoms with E-state index >= 15 is 0 Å². The first-order chi connectivity index (χ1) is 13.6. The molecule has 4 unspecified atom stereocenters. The number of hydrogen-bond acceptors (Lipinski definition) is 7. The summed E-state index contributed by atoms with van der Waals surface area (Å²) in [6, 6.07) is 7.01. The molecule has 0 aliphatic rings. The van der Waals surface area contributed by atoms with Gasteiger partial charge in [-0.15, -0.1) is 4.36 Å². The van der Waals surface area contributed by atoms with Crippen molar-refractivity contribution in [1.82, 2.24) is 9.97 Å². The normalized spacial score (nSPS) is 15.4. The molecule has 0 spiro atoms. The van der Waals surface area contributed by atoms with E-state index in [1.165, 1.54) is 6.26 Å². The SMILES string of the molecule is CC(c1ccc(Cl)nc1)S(C)(=O)=NC#N.CC(c1ccc(Cl)nc1)S(C)=NC#N. The highest BCUT2D eigenvalue weighted by atomic mass is 35.5. The molecule has 2 rings (SSSR count). The van der Waals surface area contributed by atoms with Gasteiger partial charge in [0.25, 0.3) is 0 Å². The van der Waals surface area contributed by atoms with Crippen molar-refractivity contribution in [1.29, 1.82) is 10.5 Å². The number of nitriles is 2. The third-order valence-corrected chi connectivity index (χ3v) is 8.15. The summed E-state index contributed by atoms with van der Waals surface area (Å²) in [5, 5.41) is 17.6. The molecule has 0 aliphatic carbocycles. The fraction of sp³-hybridized carbons (Fsp3) is 0.333. The number of halogens is 2. The molecule has 0 radical (unpaired) electrons. The molecule has 154 valence electrons. The second-order valence-corrected chi connectivity index (χ2v) is 11.2. The lowest BCUT2D eigenvalue weighted by molar-refractivity contribution is 0.673. The molecule has 2 aromatic rings. The van der Waals surface area contributed by atoms with E-state index in [2.05, 4.69) is 18.7 Å². The number of aromatic nitrogens is 2. The molecular weight excluding hydrogens is 451 g/mol. The first kappa shape index (κ1) is 25.0. The van der Waals surface area contributed by atoms with Crippen LogP contribution in [0, 0.1) is 22.9 Å². The Morgan fingerprint density at radius 3 is 1.97 bits per heavy atom. The van der Waals surface area contributed by atoms with E-state index in [1.54, 1.807) is 43.7 Å². The van der Waals surface area contributed by atoms with E-state index in [-0.39, 0.29) is 21.2 Å². The zero-order valence-electron chi connectivity index (χ0n) is 16.3. The van der Waals surface area contributed by atoms with E-state index < -0.39 is 9.73 Å². The third kappa shape index (κ3) is 8.08. The van der Waals surface area contributed by atoms with Crippen LogP contribution in [-0.2, 0) is 20.4 Å². The topological polar surface area (TPSA) is 115 Å². The van der Waals surface area contributed by atoms with Gasteiger partial charge in [-0.25, -0.2) is 14.2 Å². The largest absolute Gasteiger partial charge is 0.248 e. The van der Waals surface area contributed by atoms with E-state index in [4.69, 9.17) is 33.7 Å². The van der Waals surface area contributed by atoms with Crippen LogP contribution in [0.4, 0.5) is 0 Å². The van der Waals surface area contributed by atoms with Gasteiger partial charge in [0.1, 0.15) is 10.3 Å². The van der Waals surface area contributed by atoms with Gasteiger partial charge in [-0.1, -0.05) is 46.0 Å². The summed E-state index contributed by atoms with van der Waals surface area (Å²) in [7, 11) is -2.84. The van der Waals surface area contributed by atoms with Crippen molar-refractivity contribution in [3.05, 3.63) is 58.1 Å². The van der Waals surface area contributed by atoms with E-state index in [0.717, 1.165) is 11.1 Å². The Bertz CT molecular complexity index is 1050. The average Bonchev–Trinajstić information content (AvgIpc) is 2.69. The number of pyridine rings is 2. The zero-order valence-corrected chi connectivity index (χ0v) is 19.4. The highest BCUT2D eigenvalue weighted by Crippen LogP contribution is 2.23. The van der Waals surface area contributed by atoms with Gasteiger partial charge in [0.2, 0.25) is 12.4 Å². The molecule has 0 aliphatic heterocycles. The first-order valence-electron chi connectivity index (χ1n) is 8.19. The molecule has 0 N–H and O–H groups in total. The summed E-state index contributed by atoms with van der Waals surface area (Å²) >= 11 is 11.3. The lowest BCUT2D eigenvalue weighted by atomic mass is 10.2. The van der Waals surface area contributed by atoms with Crippen LogP contribution < -0.4 is 0 Å². The molecular formula is C18H20Cl2N6OS2. The summed E-state index contributed by atoms with van der Waals surface area (Å²) in [6.45, 7) is 3.77. The van der Waals surface area contributed by atoms with Crippen LogP contribution in [-0.4, -0.2) is 26.7 Å². The lowest BCUT2D eigenvalue weighted by Gasteiger charge is -2.11.